The number of rotatable bonds is 12. The second kappa shape index (κ2) is 12.4. The molecule has 3 aromatic carbocycles. The smallest absolute Gasteiger partial charge is 0.305 e. The van der Waals surface area contributed by atoms with E-state index in [9.17, 15) is 14.4 Å². The molecule has 0 spiro atoms. The van der Waals surface area contributed by atoms with Crippen molar-refractivity contribution in [3.05, 3.63) is 107 Å². The lowest BCUT2D eigenvalue weighted by Gasteiger charge is -2.16. The van der Waals surface area contributed by atoms with Gasteiger partial charge in [-0.15, -0.1) is 10.2 Å². The van der Waals surface area contributed by atoms with Gasteiger partial charge in [0.25, 0.3) is 5.91 Å². The highest BCUT2D eigenvalue weighted by molar-refractivity contribution is 5.94. The molecule has 1 aliphatic carbocycles. The number of amides is 2. The molecule has 1 aromatic heterocycles. The lowest BCUT2D eigenvalue weighted by Crippen LogP contribution is -2.29. The highest BCUT2D eigenvalue weighted by Gasteiger charge is 2.29. The summed E-state index contributed by atoms with van der Waals surface area (Å²) in [6.07, 6.45) is 1.65. The summed E-state index contributed by atoms with van der Waals surface area (Å²) in [5.74, 6) is -0.879. The highest BCUT2D eigenvalue weighted by atomic mass is 16.5. The summed E-state index contributed by atoms with van der Waals surface area (Å²) in [4.78, 5) is 36.6. The number of nitrogens with one attached hydrogen (secondary N) is 1. The van der Waals surface area contributed by atoms with Gasteiger partial charge in [0.05, 0.1) is 0 Å². The van der Waals surface area contributed by atoms with Crippen molar-refractivity contribution in [2.24, 2.45) is 5.73 Å². The van der Waals surface area contributed by atoms with Gasteiger partial charge >= 0.3 is 5.97 Å². The molecule has 9 heteroatoms. The number of unbranched alkanes of at least 4 members (excludes halogenated alkanes) is 1. The molecule has 0 aliphatic heterocycles. The Morgan fingerprint density at radius 2 is 1.52 bits per heavy atom. The first-order chi connectivity index (χ1) is 19.5. The molecule has 3 N–H and O–H groups in total. The summed E-state index contributed by atoms with van der Waals surface area (Å²) < 4.78 is 11.3. The van der Waals surface area contributed by atoms with E-state index in [-0.39, 0.29) is 49.0 Å². The summed E-state index contributed by atoms with van der Waals surface area (Å²) in [6, 6.07) is 24.6. The number of carbonyl (C=O) groups is 3. The van der Waals surface area contributed by atoms with E-state index in [4.69, 9.17) is 14.9 Å². The molecule has 5 rings (SSSR count). The van der Waals surface area contributed by atoms with Gasteiger partial charge in [-0.05, 0) is 47.2 Å². The fraction of sp³-hybridized carbons (Fsp3) is 0.258. The molecule has 0 unspecified atom stereocenters. The molecule has 204 valence electrons. The largest absolute Gasteiger partial charge is 0.465 e. The molecule has 0 saturated carbocycles. The molecule has 1 atom stereocenters. The zero-order valence-electron chi connectivity index (χ0n) is 21.9. The molecule has 1 aliphatic rings. The van der Waals surface area contributed by atoms with Crippen molar-refractivity contribution in [2.75, 3.05) is 6.61 Å². The second-order valence-electron chi connectivity index (χ2n) is 9.73. The predicted molar refractivity (Wildman–Crippen MR) is 147 cm³/mol. The topological polar surface area (TPSA) is 137 Å². The summed E-state index contributed by atoms with van der Waals surface area (Å²) >= 11 is 0. The van der Waals surface area contributed by atoms with Crippen LogP contribution in [0.1, 0.15) is 70.9 Å². The van der Waals surface area contributed by atoms with Gasteiger partial charge in [-0.3, -0.25) is 14.4 Å². The van der Waals surface area contributed by atoms with Crippen LogP contribution >= 0.6 is 0 Å². The maximum atomic E-state index is 12.8. The molecular weight excluding hydrogens is 508 g/mol. The van der Waals surface area contributed by atoms with Crippen LogP contribution in [0.5, 0.6) is 0 Å². The quantitative estimate of drug-likeness (QED) is 0.200. The summed E-state index contributed by atoms with van der Waals surface area (Å²) in [6.45, 7) is 0.285. The van der Waals surface area contributed by atoms with Gasteiger partial charge in [0, 0.05) is 17.9 Å². The number of benzene rings is 3. The fourth-order valence-electron chi connectivity index (χ4n) is 5.02. The van der Waals surface area contributed by atoms with Crippen molar-refractivity contribution >= 4 is 17.8 Å². The number of fused-ring (bicyclic) bond motifs is 3. The van der Waals surface area contributed by atoms with E-state index in [1.165, 1.54) is 22.3 Å². The number of hydrogen-bond acceptors (Lipinski definition) is 7. The molecular formula is C31H30N4O5. The van der Waals surface area contributed by atoms with Crippen LogP contribution in [-0.4, -0.2) is 34.6 Å². The van der Waals surface area contributed by atoms with Gasteiger partial charge in [0.2, 0.25) is 17.7 Å². The number of nitrogens with zero attached hydrogens (tertiary/aromatic N) is 2. The van der Waals surface area contributed by atoms with Crippen LogP contribution in [0.4, 0.5) is 0 Å². The average molecular weight is 539 g/mol. The first-order valence-corrected chi connectivity index (χ1v) is 13.3. The Morgan fingerprint density at radius 1 is 0.875 bits per heavy atom. The SMILES string of the molecule is NC(=O)Cc1nnc([C@H](CCCCC(=O)OCC2c3ccccc3-c3ccccc32)NC(=O)c2ccccc2)o1. The molecule has 40 heavy (non-hydrogen) atoms. The van der Waals surface area contributed by atoms with Gasteiger partial charge in [0.15, 0.2) is 0 Å². The summed E-state index contributed by atoms with van der Waals surface area (Å²) in [7, 11) is 0. The number of carbonyl (C=O) groups excluding carboxylic acids is 3. The minimum Gasteiger partial charge on any atom is -0.465 e. The van der Waals surface area contributed by atoms with Crippen molar-refractivity contribution < 1.29 is 23.5 Å². The van der Waals surface area contributed by atoms with Crippen LogP contribution in [0.2, 0.25) is 0 Å². The van der Waals surface area contributed by atoms with Crippen molar-refractivity contribution in [1.29, 1.82) is 0 Å². The molecule has 0 saturated heterocycles. The number of hydrogen-bond donors (Lipinski definition) is 2. The first-order valence-electron chi connectivity index (χ1n) is 13.3. The molecule has 0 radical (unpaired) electrons. The Labute approximate surface area is 231 Å². The standard InChI is InChI=1S/C31H30N4O5/c32-27(36)18-28-34-35-31(40-28)26(33-30(38)20-10-2-1-3-11-20)16-8-9-17-29(37)39-19-25-23-14-6-4-12-21(23)22-13-5-7-15-24(22)25/h1-7,10-15,25-26H,8-9,16-19H2,(H2,32,36)(H,33,38)/t26-/m0/s1. The number of ether oxygens (including phenoxy) is 1. The molecule has 1 heterocycles. The van der Waals surface area contributed by atoms with E-state index < -0.39 is 11.9 Å². The maximum Gasteiger partial charge on any atom is 0.305 e. The Balaban J connectivity index is 1.15. The monoisotopic (exact) mass is 538 g/mol. The van der Waals surface area contributed by atoms with Gasteiger partial charge in [-0.1, -0.05) is 73.2 Å². The fourth-order valence-corrected chi connectivity index (χ4v) is 5.02. The summed E-state index contributed by atoms with van der Waals surface area (Å²) in [5, 5.41) is 10.8. The summed E-state index contributed by atoms with van der Waals surface area (Å²) in [5.41, 5.74) is 10.4. The van der Waals surface area contributed by atoms with E-state index in [1.54, 1.807) is 24.3 Å². The van der Waals surface area contributed by atoms with E-state index in [1.807, 2.05) is 30.3 Å². The molecule has 0 fully saturated rings. The van der Waals surface area contributed by atoms with Crippen LogP contribution in [-0.2, 0) is 20.7 Å². The van der Waals surface area contributed by atoms with Crippen molar-refractivity contribution in [2.45, 2.75) is 44.1 Å². The molecule has 9 nitrogen and oxygen atoms in total. The molecule has 4 aromatic rings. The minimum atomic E-state index is -0.594. The second-order valence-corrected chi connectivity index (χ2v) is 9.73. The number of aromatic nitrogens is 2. The van der Waals surface area contributed by atoms with Gasteiger partial charge in [-0.2, -0.15) is 0 Å². The van der Waals surface area contributed by atoms with Crippen LogP contribution < -0.4 is 11.1 Å². The van der Waals surface area contributed by atoms with Crippen molar-refractivity contribution in [3.8, 4) is 11.1 Å². The van der Waals surface area contributed by atoms with E-state index >= 15 is 0 Å². The zero-order valence-corrected chi connectivity index (χ0v) is 21.9. The molecule has 2 amide bonds. The predicted octanol–water partition coefficient (Wildman–Crippen LogP) is 4.48. The van der Waals surface area contributed by atoms with Crippen LogP contribution in [0.15, 0.2) is 83.3 Å². The van der Waals surface area contributed by atoms with E-state index in [2.05, 4.69) is 39.8 Å². The van der Waals surface area contributed by atoms with Crippen molar-refractivity contribution in [1.82, 2.24) is 15.5 Å². The normalized spacial score (nSPS) is 12.8. The van der Waals surface area contributed by atoms with E-state index in [0.717, 1.165) is 0 Å². The average Bonchev–Trinajstić information content (AvgIpc) is 3.56. The van der Waals surface area contributed by atoms with Crippen LogP contribution in [0.3, 0.4) is 0 Å². The third-order valence-electron chi connectivity index (χ3n) is 6.94. The van der Waals surface area contributed by atoms with Gasteiger partial charge in [-0.25, -0.2) is 0 Å². The van der Waals surface area contributed by atoms with Crippen molar-refractivity contribution in [3.63, 3.8) is 0 Å². The van der Waals surface area contributed by atoms with Crippen LogP contribution in [0, 0.1) is 0 Å². The van der Waals surface area contributed by atoms with E-state index in [0.29, 0.717) is 24.8 Å². The molecule has 0 bridgehead atoms. The Kier molecular flexibility index (Phi) is 8.29. The third-order valence-corrected chi connectivity index (χ3v) is 6.94. The Bertz CT molecular complexity index is 1450. The number of nitrogens with two attached hydrogens (primary N) is 1. The van der Waals surface area contributed by atoms with Gasteiger partial charge < -0.3 is 20.2 Å². The Hall–Kier alpha value is -4.79. The number of primary amides is 1. The third kappa shape index (κ3) is 6.26. The number of esters is 1. The highest BCUT2D eigenvalue weighted by Crippen LogP contribution is 2.44. The Morgan fingerprint density at radius 3 is 2.20 bits per heavy atom. The zero-order chi connectivity index (χ0) is 27.9. The maximum absolute atomic E-state index is 12.8. The van der Waals surface area contributed by atoms with Crippen LogP contribution in [0.25, 0.3) is 11.1 Å². The first kappa shape index (κ1) is 26.8. The lowest BCUT2D eigenvalue weighted by atomic mass is 9.98. The van der Waals surface area contributed by atoms with Gasteiger partial charge in [0.1, 0.15) is 19.1 Å². The minimum absolute atomic E-state index is 0.0149. The lowest BCUT2D eigenvalue weighted by molar-refractivity contribution is -0.144.